The molecule has 0 atom stereocenters. The molecule has 1 rings (SSSR count). The van der Waals surface area contributed by atoms with Gasteiger partial charge >= 0.3 is 0 Å². The Morgan fingerprint density at radius 3 is 2.54 bits per heavy atom. The Hall–Kier alpha value is -1.95. The molecule has 0 bridgehead atoms. The van der Waals surface area contributed by atoms with Crippen LogP contribution in [0.3, 0.4) is 0 Å². The highest BCUT2D eigenvalue weighted by Gasteiger charge is 2.07. The summed E-state index contributed by atoms with van der Waals surface area (Å²) in [5, 5.41) is 10.4. The highest BCUT2D eigenvalue weighted by Crippen LogP contribution is 2.11. The second-order valence-corrected chi connectivity index (χ2v) is 2.11. The van der Waals surface area contributed by atoms with Crippen molar-refractivity contribution in [2.24, 2.45) is 5.84 Å². The van der Waals surface area contributed by atoms with E-state index in [9.17, 15) is 14.9 Å². The summed E-state index contributed by atoms with van der Waals surface area (Å²) in [6, 6.07) is 0.972. The number of carbonyl (C=O) groups is 1. The molecule has 1 amide bonds. The van der Waals surface area contributed by atoms with Crippen molar-refractivity contribution in [2.75, 3.05) is 0 Å². The number of nitro benzene ring substituents is 1. The number of amides is 1. The molecule has 0 fully saturated rings. The maximum absolute atomic E-state index is 11.1. The lowest BCUT2D eigenvalue weighted by atomic mass is 10.2. The quantitative estimate of drug-likeness (QED) is 0.296. The van der Waals surface area contributed by atoms with Gasteiger partial charge in [0.2, 0.25) is 0 Å². The lowest BCUT2D eigenvalue weighted by Crippen LogP contribution is -2.29. The summed E-state index contributed by atoms with van der Waals surface area (Å²) < 4.78 is 14.7. The monoisotopic (exact) mass is 183 g/mol. The van der Waals surface area contributed by atoms with E-state index in [0.29, 0.717) is 0 Å². The second-order valence-electron chi connectivity index (χ2n) is 2.11. The van der Waals surface area contributed by atoms with Crippen LogP contribution >= 0.6 is 0 Å². The number of non-ortho nitro benzene ring substituents is 1. The largest absolute Gasteiger partial charge is 0.290 e. The highest BCUT2D eigenvalue weighted by atomic mass is 16.6. The van der Waals surface area contributed by atoms with Gasteiger partial charge in [-0.3, -0.25) is 20.3 Å². The van der Waals surface area contributed by atoms with Crippen molar-refractivity contribution in [1.82, 2.24) is 5.43 Å². The first-order valence-electron chi connectivity index (χ1n) is 4.24. The number of nitrogens with zero attached hydrogens (tertiary/aromatic N) is 1. The summed E-state index contributed by atoms with van der Waals surface area (Å²) in [5.74, 6) is 4.02. The van der Waals surface area contributed by atoms with E-state index in [2.05, 4.69) is 0 Å². The van der Waals surface area contributed by atoms with Crippen LogP contribution in [0.15, 0.2) is 24.2 Å². The standard InChI is InChI=1S/C7H7N3O3/c8-9-7(11)5-1-3-6(4-2-5)10(12)13/h1-4H,8H2,(H,9,11)/i1D,2D. The Morgan fingerprint density at radius 1 is 1.62 bits per heavy atom. The minimum atomic E-state index is -0.820. The van der Waals surface area contributed by atoms with E-state index in [1.165, 1.54) is 0 Å². The minimum absolute atomic E-state index is 0.289. The Bertz CT molecular complexity index is 412. The first kappa shape index (κ1) is 6.55. The maximum Gasteiger partial charge on any atom is 0.269 e. The maximum atomic E-state index is 11.1. The van der Waals surface area contributed by atoms with Crippen molar-refractivity contribution in [2.45, 2.75) is 0 Å². The van der Waals surface area contributed by atoms with Crippen LogP contribution in [0.2, 0.25) is 0 Å². The van der Waals surface area contributed by atoms with Gasteiger partial charge in [-0.1, -0.05) is 0 Å². The molecule has 0 radical (unpaired) electrons. The number of benzene rings is 1. The summed E-state index contributed by atoms with van der Waals surface area (Å²) in [6.07, 6.45) is 0. The third-order valence-electron chi connectivity index (χ3n) is 1.30. The molecule has 13 heavy (non-hydrogen) atoms. The highest BCUT2D eigenvalue weighted by molar-refractivity contribution is 5.93. The third-order valence-corrected chi connectivity index (χ3v) is 1.30. The first-order valence-corrected chi connectivity index (χ1v) is 3.24. The van der Waals surface area contributed by atoms with E-state index in [4.69, 9.17) is 8.58 Å². The number of hydrogen-bond acceptors (Lipinski definition) is 4. The van der Waals surface area contributed by atoms with Gasteiger partial charge in [-0.05, 0) is 12.1 Å². The SMILES string of the molecule is [2H]c1cc([N+](=O)[O-])cc([2H])c1C(=O)NN. The van der Waals surface area contributed by atoms with Crippen LogP contribution in [-0.4, -0.2) is 10.8 Å². The molecule has 3 N–H and O–H groups in total. The number of nitrogens with one attached hydrogen (secondary N) is 1. The first-order chi connectivity index (χ1) is 6.97. The molecule has 0 aliphatic heterocycles. The molecular weight excluding hydrogens is 174 g/mol. The molecule has 6 heteroatoms. The summed E-state index contributed by atoms with van der Waals surface area (Å²) in [7, 11) is 0. The van der Waals surface area contributed by atoms with Crippen LogP contribution in [0.1, 0.15) is 13.1 Å². The smallest absolute Gasteiger partial charge is 0.269 e. The average Bonchev–Trinajstić information content (AvgIpc) is 2.16. The van der Waals surface area contributed by atoms with Crippen molar-refractivity contribution in [3.8, 4) is 0 Å². The lowest BCUT2D eigenvalue weighted by molar-refractivity contribution is -0.384. The van der Waals surface area contributed by atoms with E-state index in [0.717, 1.165) is 12.1 Å². The molecule has 0 heterocycles. The van der Waals surface area contributed by atoms with Gasteiger partial charge in [-0.2, -0.15) is 0 Å². The molecule has 68 valence electrons. The molecule has 1 aromatic rings. The molecule has 0 aliphatic carbocycles. The normalized spacial score (nSPS) is 11.5. The van der Waals surface area contributed by atoms with Gasteiger partial charge in [0.25, 0.3) is 11.6 Å². The van der Waals surface area contributed by atoms with Crippen LogP contribution in [-0.2, 0) is 0 Å². The van der Waals surface area contributed by atoms with Crippen molar-refractivity contribution in [3.63, 3.8) is 0 Å². The van der Waals surface area contributed by atoms with Crippen LogP contribution in [0.25, 0.3) is 0 Å². The number of hydrogen-bond donors (Lipinski definition) is 2. The number of carbonyl (C=O) groups excluding carboxylic acids is 1. The predicted molar refractivity (Wildman–Crippen MR) is 44.8 cm³/mol. The fourth-order valence-electron chi connectivity index (χ4n) is 0.684. The van der Waals surface area contributed by atoms with Gasteiger partial charge in [0.05, 0.1) is 7.66 Å². The molecule has 0 saturated heterocycles. The van der Waals surface area contributed by atoms with Gasteiger partial charge in [0.1, 0.15) is 0 Å². The minimum Gasteiger partial charge on any atom is -0.290 e. The van der Waals surface area contributed by atoms with Gasteiger partial charge in [0.15, 0.2) is 0 Å². The van der Waals surface area contributed by atoms with Gasteiger partial charge < -0.3 is 0 Å². The van der Waals surface area contributed by atoms with Crippen LogP contribution in [0.4, 0.5) is 5.69 Å². The Balaban J connectivity index is 3.33. The van der Waals surface area contributed by atoms with Crippen LogP contribution in [0, 0.1) is 10.1 Å². The summed E-state index contributed by atoms with van der Waals surface area (Å²) >= 11 is 0. The number of hydrazine groups is 1. The number of nitrogen functional groups attached to an aromatic ring is 1. The lowest BCUT2D eigenvalue weighted by Gasteiger charge is -1.97. The topological polar surface area (TPSA) is 98.3 Å². The molecular formula is C7H7N3O3. The van der Waals surface area contributed by atoms with Crippen molar-refractivity contribution >= 4 is 11.6 Å². The van der Waals surface area contributed by atoms with E-state index in [1.807, 2.05) is 0 Å². The van der Waals surface area contributed by atoms with Crippen molar-refractivity contribution in [1.29, 1.82) is 0 Å². The number of nitro groups is 1. The van der Waals surface area contributed by atoms with Gasteiger partial charge in [-0.15, -0.1) is 0 Å². The number of rotatable bonds is 2. The Labute approximate surface area is 76.3 Å². The molecule has 0 unspecified atom stereocenters. The van der Waals surface area contributed by atoms with Gasteiger partial charge in [-0.25, -0.2) is 5.84 Å². The summed E-state index contributed by atoms with van der Waals surface area (Å²) in [6.45, 7) is 0. The molecule has 0 aromatic heterocycles. The van der Waals surface area contributed by atoms with E-state index in [-0.39, 0.29) is 5.56 Å². The Morgan fingerprint density at radius 2 is 2.15 bits per heavy atom. The summed E-state index contributed by atoms with van der Waals surface area (Å²) in [4.78, 5) is 20.7. The zero-order chi connectivity index (χ0) is 11.6. The fourth-order valence-corrected chi connectivity index (χ4v) is 0.684. The average molecular weight is 183 g/mol. The predicted octanol–water partition coefficient (Wildman–Crippen LogP) is 0.198. The molecule has 1 aromatic carbocycles. The Kier molecular flexibility index (Phi) is 1.83. The summed E-state index contributed by atoms with van der Waals surface area (Å²) in [5.41, 5.74) is 1.07. The fraction of sp³-hybridized carbons (Fsp3) is 0. The number of nitrogens with two attached hydrogens (primary N) is 1. The van der Waals surface area contributed by atoms with E-state index in [1.54, 1.807) is 5.43 Å². The zero-order valence-electron chi connectivity index (χ0n) is 8.40. The second kappa shape index (κ2) is 3.63. The zero-order valence-corrected chi connectivity index (χ0v) is 6.40. The van der Waals surface area contributed by atoms with E-state index >= 15 is 0 Å². The van der Waals surface area contributed by atoms with Crippen molar-refractivity contribution in [3.05, 3.63) is 39.9 Å². The molecule has 0 spiro atoms. The van der Waals surface area contributed by atoms with Crippen LogP contribution < -0.4 is 11.3 Å². The van der Waals surface area contributed by atoms with Crippen LogP contribution in [0.5, 0.6) is 0 Å². The van der Waals surface area contributed by atoms with Crippen molar-refractivity contribution < 1.29 is 12.5 Å². The molecule has 0 aliphatic rings. The third kappa shape index (κ3) is 2.00. The van der Waals surface area contributed by atoms with E-state index < -0.39 is 28.6 Å². The molecule has 0 saturated carbocycles. The van der Waals surface area contributed by atoms with Gasteiger partial charge in [0, 0.05) is 17.7 Å². The molecule has 6 nitrogen and oxygen atoms in total.